The van der Waals surface area contributed by atoms with Crippen LogP contribution in [0.3, 0.4) is 0 Å². The van der Waals surface area contributed by atoms with E-state index >= 15 is 0 Å². The molecule has 1 N–H and O–H groups in total. The van der Waals surface area contributed by atoms with Gasteiger partial charge in [-0.25, -0.2) is 4.98 Å². The molecule has 5 heteroatoms. The van der Waals surface area contributed by atoms with Gasteiger partial charge < -0.3 is 10.1 Å². The summed E-state index contributed by atoms with van der Waals surface area (Å²) in [5.74, 6) is 0. The van der Waals surface area contributed by atoms with Gasteiger partial charge in [-0.15, -0.1) is 11.3 Å². The Morgan fingerprint density at radius 1 is 1.45 bits per heavy atom. The lowest BCUT2D eigenvalue weighted by atomic mass is 10.2. The van der Waals surface area contributed by atoms with Gasteiger partial charge in [-0.1, -0.05) is 27.7 Å². The molecule has 4 nitrogen and oxygen atoms in total. The second-order valence-electron chi connectivity index (χ2n) is 5.56. The van der Waals surface area contributed by atoms with E-state index in [2.05, 4.69) is 37.9 Å². The first-order valence-corrected chi connectivity index (χ1v) is 8.51. The van der Waals surface area contributed by atoms with Gasteiger partial charge in [0.05, 0.1) is 12.3 Å². The minimum absolute atomic E-state index is 0.159. The molecule has 2 rings (SSSR count). The first-order valence-electron chi connectivity index (χ1n) is 7.69. The van der Waals surface area contributed by atoms with E-state index in [-0.39, 0.29) is 6.10 Å². The first kappa shape index (κ1) is 15.9. The SMILES string of the molecule is CCc1nc(C2CN(CC)CCO2)sc1CNC(C)C. The molecule has 114 valence electrons. The number of morpholine rings is 1. The summed E-state index contributed by atoms with van der Waals surface area (Å²) in [5, 5.41) is 4.65. The minimum Gasteiger partial charge on any atom is -0.368 e. The third-order valence-electron chi connectivity index (χ3n) is 3.67. The number of aromatic nitrogens is 1. The van der Waals surface area contributed by atoms with Gasteiger partial charge in [-0.3, -0.25) is 4.90 Å². The zero-order valence-corrected chi connectivity index (χ0v) is 13.9. The van der Waals surface area contributed by atoms with Crippen molar-refractivity contribution in [1.82, 2.24) is 15.2 Å². The summed E-state index contributed by atoms with van der Waals surface area (Å²) in [6.45, 7) is 13.6. The quantitative estimate of drug-likeness (QED) is 0.876. The smallest absolute Gasteiger partial charge is 0.123 e. The van der Waals surface area contributed by atoms with Crippen molar-refractivity contribution in [3.8, 4) is 0 Å². The number of rotatable bonds is 6. The molecule has 0 aromatic carbocycles. The topological polar surface area (TPSA) is 37.4 Å². The van der Waals surface area contributed by atoms with E-state index in [0.29, 0.717) is 6.04 Å². The summed E-state index contributed by atoms with van der Waals surface area (Å²) in [5.41, 5.74) is 1.23. The average molecular weight is 297 g/mol. The molecule has 1 aromatic rings. The summed E-state index contributed by atoms with van der Waals surface area (Å²) >= 11 is 1.82. The highest BCUT2D eigenvalue weighted by atomic mass is 32.1. The van der Waals surface area contributed by atoms with Crippen LogP contribution in [0.5, 0.6) is 0 Å². The van der Waals surface area contributed by atoms with Gasteiger partial charge in [-0.05, 0) is 13.0 Å². The van der Waals surface area contributed by atoms with E-state index in [1.54, 1.807) is 0 Å². The molecule has 1 aromatic heterocycles. The molecular weight excluding hydrogens is 270 g/mol. The lowest BCUT2D eigenvalue weighted by molar-refractivity contribution is -0.0283. The average Bonchev–Trinajstić information content (AvgIpc) is 2.88. The summed E-state index contributed by atoms with van der Waals surface area (Å²) in [7, 11) is 0. The Bertz CT molecular complexity index is 419. The third-order valence-corrected chi connectivity index (χ3v) is 4.86. The predicted octanol–water partition coefficient (Wildman–Crippen LogP) is 2.60. The summed E-state index contributed by atoms with van der Waals surface area (Å²) in [4.78, 5) is 8.63. The van der Waals surface area contributed by atoms with Gasteiger partial charge >= 0.3 is 0 Å². The molecule has 20 heavy (non-hydrogen) atoms. The van der Waals surface area contributed by atoms with Crippen molar-refractivity contribution in [3.63, 3.8) is 0 Å². The van der Waals surface area contributed by atoms with E-state index in [0.717, 1.165) is 44.2 Å². The van der Waals surface area contributed by atoms with Crippen molar-refractivity contribution in [2.45, 2.75) is 52.8 Å². The molecule has 1 saturated heterocycles. The molecule has 0 aliphatic carbocycles. The lowest BCUT2D eigenvalue weighted by Crippen LogP contribution is -2.38. The van der Waals surface area contributed by atoms with Crippen LogP contribution in [0.4, 0.5) is 0 Å². The Hall–Kier alpha value is -0.490. The lowest BCUT2D eigenvalue weighted by Gasteiger charge is -2.30. The number of aryl methyl sites for hydroxylation is 1. The fraction of sp³-hybridized carbons (Fsp3) is 0.800. The van der Waals surface area contributed by atoms with Crippen LogP contribution in [0.15, 0.2) is 0 Å². The van der Waals surface area contributed by atoms with Crippen LogP contribution in [-0.2, 0) is 17.7 Å². The minimum atomic E-state index is 0.159. The van der Waals surface area contributed by atoms with Crippen LogP contribution >= 0.6 is 11.3 Å². The first-order chi connectivity index (χ1) is 9.63. The zero-order valence-electron chi connectivity index (χ0n) is 13.1. The van der Waals surface area contributed by atoms with Crippen molar-refractivity contribution >= 4 is 11.3 Å². The summed E-state index contributed by atoms with van der Waals surface area (Å²) < 4.78 is 5.92. The van der Waals surface area contributed by atoms with Gasteiger partial charge in [0, 0.05) is 30.6 Å². The fourth-order valence-electron chi connectivity index (χ4n) is 2.39. The molecule has 1 aliphatic rings. The maximum atomic E-state index is 5.92. The van der Waals surface area contributed by atoms with Crippen molar-refractivity contribution < 1.29 is 4.74 Å². The van der Waals surface area contributed by atoms with Crippen molar-refractivity contribution in [3.05, 3.63) is 15.6 Å². The normalized spacial score (nSPS) is 20.8. The van der Waals surface area contributed by atoms with Crippen LogP contribution in [0.2, 0.25) is 0 Å². The van der Waals surface area contributed by atoms with Crippen LogP contribution in [0.1, 0.15) is 49.4 Å². The molecular formula is C15H27N3OS. The maximum Gasteiger partial charge on any atom is 0.123 e. The van der Waals surface area contributed by atoms with Gasteiger partial charge in [0.25, 0.3) is 0 Å². The van der Waals surface area contributed by atoms with Crippen LogP contribution in [-0.4, -0.2) is 42.2 Å². The van der Waals surface area contributed by atoms with Gasteiger partial charge in [-0.2, -0.15) is 0 Å². The Balaban J connectivity index is 2.07. The number of likely N-dealkylation sites (N-methyl/N-ethyl adjacent to an activating group) is 1. The van der Waals surface area contributed by atoms with E-state index in [1.165, 1.54) is 10.6 Å². The highest BCUT2D eigenvalue weighted by molar-refractivity contribution is 7.11. The zero-order chi connectivity index (χ0) is 14.5. The molecule has 2 heterocycles. The number of hydrogen-bond acceptors (Lipinski definition) is 5. The van der Waals surface area contributed by atoms with Crippen molar-refractivity contribution in [2.24, 2.45) is 0 Å². The monoisotopic (exact) mass is 297 g/mol. The molecule has 0 bridgehead atoms. The van der Waals surface area contributed by atoms with Crippen molar-refractivity contribution in [2.75, 3.05) is 26.2 Å². The van der Waals surface area contributed by atoms with E-state index in [1.807, 2.05) is 11.3 Å². The molecule has 0 radical (unpaired) electrons. The van der Waals surface area contributed by atoms with Crippen LogP contribution in [0.25, 0.3) is 0 Å². The molecule has 1 unspecified atom stereocenters. The molecule has 1 fully saturated rings. The van der Waals surface area contributed by atoms with Crippen LogP contribution in [0, 0.1) is 0 Å². The van der Waals surface area contributed by atoms with Gasteiger partial charge in [0.1, 0.15) is 11.1 Å². The highest BCUT2D eigenvalue weighted by Crippen LogP contribution is 2.29. The Morgan fingerprint density at radius 3 is 2.90 bits per heavy atom. The Labute approximate surface area is 126 Å². The Morgan fingerprint density at radius 2 is 2.25 bits per heavy atom. The third kappa shape index (κ3) is 4.01. The maximum absolute atomic E-state index is 5.92. The molecule has 0 amide bonds. The van der Waals surface area contributed by atoms with Gasteiger partial charge in [0.2, 0.25) is 0 Å². The highest BCUT2D eigenvalue weighted by Gasteiger charge is 2.25. The van der Waals surface area contributed by atoms with Crippen LogP contribution < -0.4 is 5.32 Å². The summed E-state index contributed by atoms with van der Waals surface area (Å²) in [6.07, 6.45) is 1.15. The van der Waals surface area contributed by atoms with E-state index < -0.39 is 0 Å². The van der Waals surface area contributed by atoms with Gasteiger partial charge in [0.15, 0.2) is 0 Å². The number of nitrogens with one attached hydrogen (secondary N) is 1. The second kappa shape index (κ2) is 7.50. The molecule has 0 spiro atoms. The number of ether oxygens (including phenoxy) is 1. The standard InChI is InChI=1S/C15H27N3OS/c1-5-12-14(9-16-11(3)4)20-15(17-12)13-10-18(6-2)7-8-19-13/h11,13,16H,5-10H2,1-4H3. The number of hydrogen-bond donors (Lipinski definition) is 1. The van der Waals surface area contributed by atoms with E-state index in [9.17, 15) is 0 Å². The number of nitrogens with zero attached hydrogens (tertiary/aromatic N) is 2. The second-order valence-corrected chi connectivity index (χ2v) is 6.68. The fourth-order valence-corrected chi connectivity index (χ4v) is 3.54. The number of thiazole rings is 1. The molecule has 1 aliphatic heterocycles. The van der Waals surface area contributed by atoms with E-state index in [4.69, 9.17) is 9.72 Å². The molecule has 1 atom stereocenters. The molecule has 0 saturated carbocycles. The Kier molecular flexibility index (Phi) is 5.96. The largest absolute Gasteiger partial charge is 0.368 e. The summed E-state index contributed by atoms with van der Waals surface area (Å²) in [6, 6.07) is 0.506. The predicted molar refractivity (Wildman–Crippen MR) is 84.3 cm³/mol. The van der Waals surface area contributed by atoms with Crippen molar-refractivity contribution in [1.29, 1.82) is 0 Å².